The molecular formula is C12H24N2. The predicted octanol–water partition coefficient (Wildman–Crippen LogP) is 1.76. The van der Waals surface area contributed by atoms with E-state index in [4.69, 9.17) is 0 Å². The second kappa shape index (κ2) is 4.63. The normalized spacial score (nSPS) is 42.4. The molecule has 4 atom stereocenters. The largest absolute Gasteiger partial charge is 0.313 e. The molecule has 82 valence electrons. The molecule has 1 aliphatic heterocycles. The Kier molecular flexibility index (Phi) is 3.45. The van der Waals surface area contributed by atoms with E-state index < -0.39 is 0 Å². The maximum Gasteiger partial charge on any atom is 0.0195 e. The van der Waals surface area contributed by atoms with Crippen molar-refractivity contribution in [2.24, 2.45) is 11.8 Å². The van der Waals surface area contributed by atoms with Crippen molar-refractivity contribution in [2.75, 3.05) is 13.1 Å². The van der Waals surface area contributed by atoms with Crippen LogP contribution in [0, 0.1) is 11.8 Å². The van der Waals surface area contributed by atoms with Crippen molar-refractivity contribution >= 4 is 0 Å². The average Bonchev–Trinajstić information content (AvgIpc) is 2.92. The Bertz CT molecular complexity index is 181. The van der Waals surface area contributed by atoms with Crippen molar-refractivity contribution in [3.05, 3.63) is 0 Å². The van der Waals surface area contributed by atoms with Crippen LogP contribution in [0.2, 0.25) is 0 Å². The number of nitrogens with one attached hydrogen (secondary N) is 2. The van der Waals surface area contributed by atoms with Gasteiger partial charge in [0.15, 0.2) is 0 Å². The highest BCUT2D eigenvalue weighted by atomic mass is 15.0. The fourth-order valence-corrected chi connectivity index (χ4v) is 2.52. The second-order valence-electron chi connectivity index (χ2n) is 5.18. The van der Waals surface area contributed by atoms with E-state index in [-0.39, 0.29) is 0 Å². The van der Waals surface area contributed by atoms with Crippen LogP contribution in [0.5, 0.6) is 0 Å². The fourth-order valence-electron chi connectivity index (χ4n) is 2.52. The minimum Gasteiger partial charge on any atom is -0.313 e. The van der Waals surface area contributed by atoms with Gasteiger partial charge in [-0.15, -0.1) is 0 Å². The molecule has 4 unspecified atom stereocenters. The van der Waals surface area contributed by atoms with Crippen LogP contribution in [-0.2, 0) is 0 Å². The fraction of sp³-hybridized carbons (Fsp3) is 1.00. The Hall–Kier alpha value is -0.0800. The Balaban J connectivity index is 1.64. The molecular weight excluding hydrogens is 172 g/mol. The van der Waals surface area contributed by atoms with Gasteiger partial charge >= 0.3 is 0 Å². The number of hydrogen-bond donors (Lipinski definition) is 2. The van der Waals surface area contributed by atoms with E-state index in [1.54, 1.807) is 0 Å². The van der Waals surface area contributed by atoms with Crippen LogP contribution < -0.4 is 10.6 Å². The number of hydrogen-bond acceptors (Lipinski definition) is 2. The van der Waals surface area contributed by atoms with Crippen LogP contribution >= 0.6 is 0 Å². The third-order valence-electron chi connectivity index (χ3n) is 3.92. The molecule has 0 aromatic rings. The van der Waals surface area contributed by atoms with Gasteiger partial charge in [-0.1, -0.05) is 20.3 Å². The molecule has 0 amide bonds. The molecule has 14 heavy (non-hydrogen) atoms. The monoisotopic (exact) mass is 196 g/mol. The zero-order valence-electron chi connectivity index (χ0n) is 9.55. The third kappa shape index (κ3) is 2.71. The predicted molar refractivity (Wildman–Crippen MR) is 60.4 cm³/mol. The zero-order valence-corrected chi connectivity index (χ0v) is 9.55. The average molecular weight is 196 g/mol. The van der Waals surface area contributed by atoms with E-state index in [9.17, 15) is 0 Å². The summed E-state index contributed by atoms with van der Waals surface area (Å²) in [5.41, 5.74) is 0. The first kappa shape index (κ1) is 10.4. The summed E-state index contributed by atoms with van der Waals surface area (Å²) in [6, 6.07) is 1.57. The molecule has 0 radical (unpaired) electrons. The van der Waals surface area contributed by atoms with Gasteiger partial charge in [0.25, 0.3) is 0 Å². The highest BCUT2D eigenvalue weighted by Crippen LogP contribution is 2.29. The first-order chi connectivity index (χ1) is 6.79. The standard InChI is InChI=1S/C12H24N2/c1-3-10-4-5-13-11(7-10)8-14-12-6-9(12)2/h9-14H,3-8H2,1-2H3. The van der Waals surface area contributed by atoms with Gasteiger partial charge in [0.05, 0.1) is 0 Å². The highest BCUT2D eigenvalue weighted by molar-refractivity contribution is 4.91. The van der Waals surface area contributed by atoms with Crippen molar-refractivity contribution in [2.45, 2.75) is 51.6 Å². The molecule has 1 aliphatic carbocycles. The Labute approximate surface area is 87.8 Å². The quantitative estimate of drug-likeness (QED) is 0.716. The second-order valence-corrected chi connectivity index (χ2v) is 5.18. The van der Waals surface area contributed by atoms with E-state index in [2.05, 4.69) is 24.5 Å². The SMILES string of the molecule is CCC1CCNC(CNC2CC2C)C1. The van der Waals surface area contributed by atoms with E-state index in [1.165, 1.54) is 38.8 Å². The third-order valence-corrected chi connectivity index (χ3v) is 3.92. The molecule has 0 bridgehead atoms. The lowest BCUT2D eigenvalue weighted by Crippen LogP contribution is -2.45. The minimum atomic E-state index is 0.737. The lowest BCUT2D eigenvalue weighted by molar-refractivity contribution is 0.287. The zero-order chi connectivity index (χ0) is 9.97. The maximum absolute atomic E-state index is 3.66. The maximum atomic E-state index is 3.66. The summed E-state index contributed by atoms with van der Waals surface area (Å²) in [6.45, 7) is 7.07. The Morgan fingerprint density at radius 3 is 2.79 bits per heavy atom. The summed E-state index contributed by atoms with van der Waals surface area (Å²) in [7, 11) is 0. The van der Waals surface area contributed by atoms with Gasteiger partial charge in [0, 0.05) is 18.6 Å². The van der Waals surface area contributed by atoms with Crippen LogP contribution in [0.1, 0.15) is 39.5 Å². The first-order valence-electron chi connectivity index (χ1n) is 6.26. The summed E-state index contributed by atoms with van der Waals surface area (Å²) < 4.78 is 0. The van der Waals surface area contributed by atoms with Gasteiger partial charge in [-0.05, 0) is 37.6 Å². The van der Waals surface area contributed by atoms with Gasteiger partial charge in [-0.25, -0.2) is 0 Å². The molecule has 1 saturated carbocycles. The summed E-state index contributed by atoms with van der Waals surface area (Å²) in [5.74, 6) is 1.90. The van der Waals surface area contributed by atoms with E-state index >= 15 is 0 Å². The topological polar surface area (TPSA) is 24.1 Å². The van der Waals surface area contributed by atoms with Gasteiger partial charge in [0.2, 0.25) is 0 Å². The van der Waals surface area contributed by atoms with Crippen molar-refractivity contribution in [1.82, 2.24) is 10.6 Å². The first-order valence-corrected chi connectivity index (χ1v) is 6.26. The minimum absolute atomic E-state index is 0.737. The van der Waals surface area contributed by atoms with Crippen molar-refractivity contribution in [3.8, 4) is 0 Å². The molecule has 2 fully saturated rings. The van der Waals surface area contributed by atoms with Crippen molar-refractivity contribution in [1.29, 1.82) is 0 Å². The molecule has 0 aromatic heterocycles. The lowest BCUT2D eigenvalue weighted by atomic mass is 9.90. The molecule has 0 aromatic carbocycles. The van der Waals surface area contributed by atoms with Crippen LogP contribution in [-0.4, -0.2) is 25.2 Å². The van der Waals surface area contributed by atoms with Crippen LogP contribution in [0.3, 0.4) is 0 Å². The highest BCUT2D eigenvalue weighted by Gasteiger charge is 2.32. The Morgan fingerprint density at radius 1 is 1.36 bits per heavy atom. The lowest BCUT2D eigenvalue weighted by Gasteiger charge is -2.30. The summed E-state index contributed by atoms with van der Waals surface area (Å²) in [6.07, 6.45) is 5.51. The van der Waals surface area contributed by atoms with Crippen molar-refractivity contribution in [3.63, 3.8) is 0 Å². The number of rotatable bonds is 4. The van der Waals surface area contributed by atoms with Crippen LogP contribution in [0.25, 0.3) is 0 Å². The van der Waals surface area contributed by atoms with Gasteiger partial charge in [-0.2, -0.15) is 0 Å². The van der Waals surface area contributed by atoms with Crippen LogP contribution in [0.15, 0.2) is 0 Å². The van der Waals surface area contributed by atoms with Crippen LogP contribution in [0.4, 0.5) is 0 Å². The van der Waals surface area contributed by atoms with Gasteiger partial charge < -0.3 is 10.6 Å². The van der Waals surface area contributed by atoms with Crippen molar-refractivity contribution < 1.29 is 0 Å². The van der Waals surface area contributed by atoms with E-state index in [0.717, 1.165) is 23.9 Å². The molecule has 2 aliphatic rings. The summed E-state index contributed by atoms with van der Waals surface area (Å²) in [4.78, 5) is 0. The summed E-state index contributed by atoms with van der Waals surface area (Å²) in [5, 5.41) is 7.28. The van der Waals surface area contributed by atoms with E-state index in [1.807, 2.05) is 0 Å². The summed E-state index contributed by atoms with van der Waals surface area (Å²) >= 11 is 0. The molecule has 2 rings (SSSR count). The Morgan fingerprint density at radius 2 is 2.14 bits per heavy atom. The number of piperidine rings is 1. The molecule has 2 nitrogen and oxygen atoms in total. The smallest absolute Gasteiger partial charge is 0.0195 e. The molecule has 2 heteroatoms. The molecule has 1 heterocycles. The molecule has 0 spiro atoms. The van der Waals surface area contributed by atoms with Gasteiger partial charge in [-0.3, -0.25) is 0 Å². The molecule has 1 saturated heterocycles. The van der Waals surface area contributed by atoms with E-state index in [0.29, 0.717) is 0 Å². The molecule has 2 N–H and O–H groups in total. The van der Waals surface area contributed by atoms with Gasteiger partial charge in [0.1, 0.15) is 0 Å².